The Morgan fingerprint density at radius 3 is 2.71 bits per heavy atom. The van der Waals surface area contributed by atoms with Gasteiger partial charge in [-0.05, 0) is 19.4 Å². The van der Waals surface area contributed by atoms with Crippen molar-refractivity contribution in [3.8, 4) is 0 Å². The van der Waals surface area contributed by atoms with Gasteiger partial charge < -0.3 is 14.8 Å². The average molecular weight is 292 g/mol. The molecule has 0 spiro atoms. The quantitative estimate of drug-likeness (QED) is 0.778. The zero-order valence-corrected chi connectivity index (χ0v) is 13.5. The third-order valence-corrected chi connectivity index (χ3v) is 4.30. The fraction of sp³-hybridized carbons (Fsp3) is 0.647. The van der Waals surface area contributed by atoms with Crippen LogP contribution in [0.25, 0.3) is 0 Å². The van der Waals surface area contributed by atoms with Gasteiger partial charge >= 0.3 is 0 Å². The summed E-state index contributed by atoms with van der Waals surface area (Å²) in [6, 6.07) is 11.2. The molecule has 4 nitrogen and oxygen atoms in total. The van der Waals surface area contributed by atoms with Crippen LogP contribution in [-0.4, -0.2) is 57.5 Å². The minimum Gasteiger partial charge on any atom is -0.382 e. The molecule has 0 aliphatic carbocycles. The molecular weight excluding hydrogens is 264 g/mol. The number of nitrogens with one attached hydrogen (secondary N) is 1. The molecule has 2 unspecified atom stereocenters. The van der Waals surface area contributed by atoms with E-state index in [4.69, 9.17) is 9.47 Å². The molecule has 0 aromatic heterocycles. The lowest BCUT2D eigenvalue weighted by Crippen LogP contribution is -2.60. The van der Waals surface area contributed by atoms with Crippen LogP contribution in [0.3, 0.4) is 0 Å². The number of ether oxygens (including phenoxy) is 2. The predicted octanol–water partition coefficient (Wildman–Crippen LogP) is 1.86. The van der Waals surface area contributed by atoms with Gasteiger partial charge in [-0.1, -0.05) is 30.3 Å². The summed E-state index contributed by atoms with van der Waals surface area (Å²) in [7, 11) is 1.70. The molecule has 0 amide bonds. The number of piperazine rings is 1. The van der Waals surface area contributed by atoms with Gasteiger partial charge in [-0.25, -0.2) is 0 Å². The average Bonchev–Trinajstić information content (AvgIpc) is 2.51. The van der Waals surface area contributed by atoms with Crippen LogP contribution < -0.4 is 5.32 Å². The van der Waals surface area contributed by atoms with Crippen LogP contribution in [0, 0.1) is 0 Å². The van der Waals surface area contributed by atoms with Crippen molar-refractivity contribution in [1.29, 1.82) is 0 Å². The molecule has 1 aliphatic rings. The van der Waals surface area contributed by atoms with Gasteiger partial charge in [0.25, 0.3) is 0 Å². The molecule has 0 saturated carbocycles. The largest absolute Gasteiger partial charge is 0.382 e. The second kappa shape index (κ2) is 7.90. The molecule has 1 fully saturated rings. The van der Waals surface area contributed by atoms with E-state index in [1.54, 1.807) is 7.11 Å². The lowest BCUT2D eigenvalue weighted by molar-refractivity contribution is 0.0306. The van der Waals surface area contributed by atoms with Crippen molar-refractivity contribution in [2.24, 2.45) is 0 Å². The minimum absolute atomic E-state index is 0.0142. The zero-order chi connectivity index (χ0) is 15.1. The van der Waals surface area contributed by atoms with E-state index in [9.17, 15) is 0 Å². The summed E-state index contributed by atoms with van der Waals surface area (Å²) in [5, 5.41) is 3.70. The Balaban J connectivity index is 1.90. The third-order valence-electron chi connectivity index (χ3n) is 4.30. The van der Waals surface area contributed by atoms with E-state index in [1.807, 2.05) is 0 Å². The monoisotopic (exact) mass is 292 g/mol. The highest BCUT2D eigenvalue weighted by molar-refractivity contribution is 5.25. The molecule has 1 heterocycles. The Hall–Kier alpha value is -0.940. The van der Waals surface area contributed by atoms with E-state index in [0.29, 0.717) is 19.3 Å². The summed E-state index contributed by atoms with van der Waals surface area (Å²) in [4.78, 5) is 2.51. The Labute approximate surface area is 128 Å². The van der Waals surface area contributed by atoms with Crippen molar-refractivity contribution in [3.05, 3.63) is 35.9 Å². The zero-order valence-electron chi connectivity index (χ0n) is 13.5. The first-order valence-electron chi connectivity index (χ1n) is 7.77. The Bertz CT molecular complexity index is 413. The molecule has 0 radical (unpaired) electrons. The molecule has 118 valence electrons. The van der Waals surface area contributed by atoms with E-state index in [-0.39, 0.29) is 5.54 Å². The SMILES string of the molecule is COCCOCCN1CC(C)(c2ccccc2)NCC1C. The second-order valence-corrected chi connectivity index (χ2v) is 6.00. The second-order valence-electron chi connectivity index (χ2n) is 6.00. The number of hydrogen-bond acceptors (Lipinski definition) is 4. The van der Waals surface area contributed by atoms with Crippen LogP contribution in [0.4, 0.5) is 0 Å². The minimum atomic E-state index is 0.0142. The third kappa shape index (κ3) is 4.51. The van der Waals surface area contributed by atoms with Crippen LogP contribution in [0.5, 0.6) is 0 Å². The summed E-state index contributed by atoms with van der Waals surface area (Å²) >= 11 is 0. The van der Waals surface area contributed by atoms with Crippen LogP contribution in [-0.2, 0) is 15.0 Å². The number of rotatable bonds is 7. The molecule has 0 bridgehead atoms. The van der Waals surface area contributed by atoms with Gasteiger partial charge in [0.2, 0.25) is 0 Å². The van der Waals surface area contributed by atoms with Crippen molar-refractivity contribution in [2.45, 2.75) is 25.4 Å². The van der Waals surface area contributed by atoms with Gasteiger partial charge in [0.05, 0.1) is 25.4 Å². The van der Waals surface area contributed by atoms with E-state index in [2.05, 4.69) is 54.4 Å². The van der Waals surface area contributed by atoms with Crippen LogP contribution in [0.2, 0.25) is 0 Å². The van der Waals surface area contributed by atoms with E-state index >= 15 is 0 Å². The fourth-order valence-corrected chi connectivity index (χ4v) is 2.84. The normalized spacial score (nSPS) is 26.9. The van der Waals surface area contributed by atoms with Gasteiger partial charge in [0.15, 0.2) is 0 Å². The van der Waals surface area contributed by atoms with Gasteiger partial charge in [0.1, 0.15) is 0 Å². The van der Waals surface area contributed by atoms with Gasteiger partial charge in [-0.2, -0.15) is 0 Å². The summed E-state index contributed by atoms with van der Waals surface area (Å²) in [5.41, 5.74) is 1.36. The lowest BCUT2D eigenvalue weighted by atomic mass is 9.88. The molecule has 2 rings (SSSR count). The van der Waals surface area contributed by atoms with Crippen molar-refractivity contribution < 1.29 is 9.47 Å². The number of hydrogen-bond donors (Lipinski definition) is 1. The van der Waals surface area contributed by atoms with Crippen LogP contribution >= 0.6 is 0 Å². The molecule has 1 N–H and O–H groups in total. The van der Waals surface area contributed by atoms with Crippen molar-refractivity contribution in [1.82, 2.24) is 10.2 Å². The summed E-state index contributed by atoms with van der Waals surface area (Å²) in [6.07, 6.45) is 0. The predicted molar refractivity (Wildman–Crippen MR) is 85.5 cm³/mol. The smallest absolute Gasteiger partial charge is 0.0700 e. The van der Waals surface area contributed by atoms with E-state index in [1.165, 1.54) is 5.56 Å². The van der Waals surface area contributed by atoms with Crippen molar-refractivity contribution in [3.63, 3.8) is 0 Å². The maximum absolute atomic E-state index is 5.61. The highest BCUT2D eigenvalue weighted by atomic mass is 16.5. The number of nitrogens with zero attached hydrogens (tertiary/aromatic N) is 1. The Morgan fingerprint density at radius 2 is 2.00 bits per heavy atom. The molecule has 1 aromatic rings. The van der Waals surface area contributed by atoms with Crippen LogP contribution in [0.15, 0.2) is 30.3 Å². The van der Waals surface area contributed by atoms with Gasteiger partial charge in [-0.15, -0.1) is 0 Å². The molecular formula is C17H28N2O2. The maximum Gasteiger partial charge on any atom is 0.0700 e. The first kappa shape index (κ1) is 16.4. The Kier molecular flexibility index (Phi) is 6.18. The maximum atomic E-state index is 5.61. The first-order valence-corrected chi connectivity index (χ1v) is 7.77. The van der Waals surface area contributed by atoms with E-state index < -0.39 is 0 Å². The molecule has 1 aromatic carbocycles. The molecule has 1 aliphatic heterocycles. The van der Waals surface area contributed by atoms with Crippen LogP contribution in [0.1, 0.15) is 19.4 Å². The first-order chi connectivity index (χ1) is 10.2. The van der Waals surface area contributed by atoms with Gasteiger partial charge in [-0.3, -0.25) is 4.90 Å². The number of methoxy groups -OCH3 is 1. The van der Waals surface area contributed by atoms with E-state index in [0.717, 1.165) is 26.2 Å². The lowest BCUT2D eigenvalue weighted by Gasteiger charge is -2.45. The molecule has 21 heavy (non-hydrogen) atoms. The van der Waals surface area contributed by atoms with Crippen molar-refractivity contribution >= 4 is 0 Å². The summed E-state index contributed by atoms with van der Waals surface area (Å²) in [5.74, 6) is 0. The fourth-order valence-electron chi connectivity index (χ4n) is 2.84. The van der Waals surface area contributed by atoms with Crippen molar-refractivity contribution in [2.75, 3.05) is 46.6 Å². The molecule has 1 saturated heterocycles. The molecule has 4 heteroatoms. The summed E-state index contributed by atoms with van der Waals surface area (Å²) < 4.78 is 10.6. The highest BCUT2D eigenvalue weighted by Gasteiger charge is 2.34. The molecule has 2 atom stereocenters. The number of benzene rings is 1. The highest BCUT2D eigenvalue weighted by Crippen LogP contribution is 2.26. The summed E-state index contributed by atoms with van der Waals surface area (Å²) in [6.45, 7) is 9.63. The van der Waals surface area contributed by atoms with Gasteiger partial charge in [0, 0.05) is 32.8 Å². The Morgan fingerprint density at radius 1 is 1.24 bits per heavy atom. The topological polar surface area (TPSA) is 33.7 Å². The standard InChI is InChI=1S/C17H28N2O2/c1-15-13-18-17(2,16-7-5-4-6-8-16)14-19(15)9-10-21-12-11-20-3/h4-8,15,18H,9-14H2,1-3H3.